The van der Waals surface area contributed by atoms with Crippen LogP contribution in [0.3, 0.4) is 0 Å². The predicted molar refractivity (Wildman–Crippen MR) is 133 cm³/mol. The third-order valence-corrected chi connectivity index (χ3v) is 6.78. The third kappa shape index (κ3) is 6.97. The molecule has 3 rings (SSSR count). The van der Waals surface area contributed by atoms with Crippen molar-refractivity contribution in [1.82, 2.24) is 0 Å². The summed E-state index contributed by atoms with van der Waals surface area (Å²) in [6.45, 7) is 2.11. The number of hydrogen-bond acceptors (Lipinski definition) is 6. The largest absolute Gasteiger partial charge is 0.494 e. The molecule has 0 unspecified atom stereocenters. The zero-order valence-corrected chi connectivity index (χ0v) is 20.2. The second-order valence-electron chi connectivity index (χ2n) is 7.55. The molecule has 0 atom stereocenters. The first kappa shape index (κ1) is 25.6. The number of nitrogens with zero attached hydrogens (tertiary/aromatic N) is 1. The Morgan fingerprint density at radius 3 is 2.03 bits per heavy atom. The molecular weight excluding hydrogens is 470 g/mol. The maximum absolute atomic E-state index is 12.9. The Balaban J connectivity index is 1.56. The molecule has 0 aliphatic rings. The van der Waals surface area contributed by atoms with Crippen molar-refractivity contribution in [2.45, 2.75) is 18.2 Å². The first-order valence-corrected chi connectivity index (χ1v) is 12.2. The summed E-state index contributed by atoms with van der Waals surface area (Å²) in [5.41, 5.74) is 6.91. The highest BCUT2D eigenvalue weighted by atomic mass is 32.2. The minimum atomic E-state index is -3.76. The van der Waals surface area contributed by atoms with Gasteiger partial charge in [-0.25, -0.2) is 8.42 Å². The van der Waals surface area contributed by atoms with Crippen LogP contribution in [0.2, 0.25) is 0 Å². The number of ether oxygens (including phenoxy) is 2. The number of nitrogens with two attached hydrogens (primary N) is 1. The van der Waals surface area contributed by atoms with Crippen molar-refractivity contribution in [3.05, 3.63) is 78.4 Å². The first-order valence-electron chi connectivity index (χ1n) is 10.8. The monoisotopic (exact) mass is 497 g/mol. The van der Waals surface area contributed by atoms with Crippen LogP contribution in [0.25, 0.3) is 0 Å². The van der Waals surface area contributed by atoms with Gasteiger partial charge in [-0.2, -0.15) is 0 Å². The van der Waals surface area contributed by atoms with Crippen LogP contribution < -0.4 is 24.8 Å². The summed E-state index contributed by atoms with van der Waals surface area (Å²) in [6.07, 6.45) is 0.129. The molecule has 3 N–H and O–H groups in total. The number of nitrogens with one attached hydrogen (secondary N) is 1. The fourth-order valence-electron chi connectivity index (χ4n) is 3.18. The molecule has 0 spiro atoms. The molecular formula is C25H27N3O6S. The number of carbonyl (C=O) groups excluding carboxylic acids is 2. The van der Waals surface area contributed by atoms with Gasteiger partial charge >= 0.3 is 0 Å². The van der Waals surface area contributed by atoms with E-state index < -0.39 is 15.9 Å². The van der Waals surface area contributed by atoms with E-state index in [4.69, 9.17) is 15.2 Å². The quantitative estimate of drug-likeness (QED) is 0.419. The molecule has 0 radical (unpaired) electrons. The molecule has 0 fully saturated rings. The zero-order chi connectivity index (χ0) is 25.4. The number of carbonyl (C=O) groups is 2. The van der Waals surface area contributed by atoms with Gasteiger partial charge in [-0.3, -0.25) is 13.9 Å². The van der Waals surface area contributed by atoms with E-state index in [1.54, 1.807) is 60.7 Å². The Labute approximate surface area is 204 Å². The van der Waals surface area contributed by atoms with Crippen LogP contribution in [0, 0.1) is 0 Å². The number of hydrogen-bond donors (Lipinski definition) is 2. The average Bonchev–Trinajstić information content (AvgIpc) is 2.84. The van der Waals surface area contributed by atoms with Gasteiger partial charge in [0.2, 0.25) is 5.91 Å². The van der Waals surface area contributed by atoms with E-state index in [2.05, 4.69) is 5.32 Å². The molecule has 0 saturated carbocycles. The number of sulfonamides is 1. The molecule has 184 valence electrons. The van der Waals surface area contributed by atoms with Gasteiger partial charge in [0.25, 0.3) is 15.9 Å². The highest BCUT2D eigenvalue weighted by Crippen LogP contribution is 2.25. The predicted octanol–water partition coefficient (Wildman–Crippen LogP) is 2.96. The SMILES string of the molecule is CCOc1ccc(S(=O)(=O)N(C)c2ccc(OCC(=O)Nc3ccc(CC(N)=O)cc3)cc2)cc1. The van der Waals surface area contributed by atoms with Gasteiger partial charge in [0, 0.05) is 12.7 Å². The number of amides is 2. The summed E-state index contributed by atoms with van der Waals surface area (Å²) in [5.74, 6) is 0.209. The van der Waals surface area contributed by atoms with Crippen molar-refractivity contribution in [2.24, 2.45) is 5.73 Å². The lowest BCUT2D eigenvalue weighted by Gasteiger charge is -2.20. The van der Waals surface area contributed by atoms with Gasteiger partial charge in [-0.05, 0) is 73.2 Å². The van der Waals surface area contributed by atoms with Gasteiger partial charge < -0.3 is 20.5 Å². The van der Waals surface area contributed by atoms with E-state index in [1.807, 2.05) is 6.92 Å². The minimum Gasteiger partial charge on any atom is -0.494 e. The number of benzene rings is 3. The molecule has 0 saturated heterocycles. The molecule has 3 aromatic rings. The first-order chi connectivity index (χ1) is 16.7. The van der Waals surface area contributed by atoms with Gasteiger partial charge in [0.1, 0.15) is 11.5 Å². The van der Waals surface area contributed by atoms with E-state index in [0.29, 0.717) is 29.5 Å². The third-order valence-electron chi connectivity index (χ3n) is 4.98. The van der Waals surface area contributed by atoms with Gasteiger partial charge in [0.15, 0.2) is 6.61 Å². The van der Waals surface area contributed by atoms with E-state index in [-0.39, 0.29) is 23.8 Å². The summed E-state index contributed by atoms with van der Waals surface area (Å²) in [7, 11) is -2.30. The van der Waals surface area contributed by atoms with Gasteiger partial charge in [0.05, 0.1) is 23.6 Å². The van der Waals surface area contributed by atoms with Crippen LogP contribution in [0.4, 0.5) is 11.4 Å². The normalized spacial score (nSPS) is 10.9. The van der Waals surface area contributed by atoms with Crippen molar-refractivity contribution in [3.8, 4) is 11.5 Å². The lowest BCUT2D eigenvalue weighted by atomic mass is 10.1. The molecule has 0 aliphatic heterocycles. The maximum atomic E-state index is 12.9. The van der Waals surface area contributed by atoms with Crippen molar-refractivity contribution in [1.29, 1.82) is 0 Å². The van der Waals surface area contributed by atoms with Gasteiger partial charge in [-0.15, -0.1) is 0 Å². The lowest BCUT2D eigenvalue weighted by Crippen LogP contribution is -2.26. The van der Waals surface area contributed by atoms with Crippen molar-refractivity contribution < 1.29 is 27.5 Å². The number of rotatable bonds is 11. The molecule has 2 amide bonds. The summed E-state index contributed by atoms with van der Waals surface area (Å²) in [4.78, 5) is 23.3. The summed E-state index contributed by atoms with van der Waals surface area (Å²) >= 11 is 0. The molecule has 0 heterocycles. The molecule has 10 heteroatoms. The Bertz CT molecular complexity index is 1260. The van der Waals surface area contributed by atoms with Crippen molar-refractivity contribution >= 4 is 33.2 Å². The van der Waals surface area contributed by atoms with Crippen LogP contribution in [0.5, 0.6) is 11.5 Å². The van der Waals surface area contributed by atoms with Crippen LogP contribution in [0.15, 0.2) is 77.7 Å². The summed E-state index contributed by atoms with van der Waals surface area (Å²) < 4.78 is 37.9. The topological polar surface area (TPSA) is 128 Å². The maximum Gasteiger partial charge on any atom is 0.264 e. The van der Waals surface area contributed by atoms with E-state index in [0.717, 1.165) is 5.56 Å². The van der Waals surface area contributed by atoms with Crippen molar-refractivity contribution in [2.75, 3.05) is 29.9 Å². The Kier molecular flexibility index (Phi) is 8.32. The zero-order valence-electron chi connectivity index (χ0n) is 19.4. The summed E-state index contributed by atoms with van der Waals surface area (Å²) in [6, 6.07) is 19.3. The highest BCUT2D eigenvalue weighted by molar-refractivity contribution is 7.92. The van der Waals surface area contributed by atoms with Gasteiger partial charge in [-0.1, -0.05) is 12.1 Å². The van der Waals surface area contributed by atoms with E-state index >= 15 is 0 Å². The van der Waals surface area contributed by atoms with Crippen LogP contribution in [-0.2, 0) is 26.0 Å². The second kappa shape index (κ2) is 11.4. The lowest BCUT2D eigenvalue weighted by molar-refractivity contribution is -0.118. The fraction of sp³-hybridized carbons (Fsp3) is 0.200. The standard InChI is InChI=1S/C25H27N3O6S/c1-3-33-21-12-14-23(15-13-21)35(31,32)28(2)20-8-10-22(11-9-20)34-17-25(30)27-19-6-4-18(5-7-19)16-24(26)29/h4-15H,3,16-17H2,1-2H3,(H2,26,29)(H,27,30). The molecule has 0 aromatic heterocycles. The van der Waals surface area contributed by atoms with Crippen LogP contribution in [0.1, 0.15) is 12.5 Å². The fourth-order valence-corrected chi connectivity index (χ4v) is 4.37. The number of primary amides is 1. The Morgan fingerprint density at radius 2 is 1.46 bits per heavy atom. The van der Waals surface area contributed by atoms with Crippen LogP contribution >= 0.6 is 0 Å². The smallest absolute Gasteiger partial charge is 0.264 e. The molecule has 9 nitrogen and oxygen atoms in total. The Morgan fingerprint density at radius 1 is 0.886 bits per heavy atom. The number of anilines is 2. The van der Waals surface area contributed by atoms with E-state index in [1.165, 1.54) is 23.5 Å². The molecule has 35 heavy (non-hydrogen) atoms. The second-order valence-corrected chi connectivity index (χ2v) is 9.52. The summed E-state index contributed by atoms with van der Waals surface area (Å²) in [5, 5.41) is 2.70. The average molecular weight is 498 g/mol. The molecule has 3 aromatic carbocycles. The Hall–Kier alpha value is -4.05. The van der Waals surface area contributed by atoms with Crippen molar-refractivity contribution in [3.63, 3.8) is 0 Å². The van der Waals surface area contributed by atoms with E-state index in [9.17, 15) is 18.0 Å². The molecule has 0 bridgehead atoms. The van der Waals surface area contributed by atoms with Crippen LogP contribution in [-0.4, -0.2) is 40.5 Å². The minimum absolute atomic E-state index is 0.129. The molecule has 0 aliphatic carbocycles. The highest BCUT2D eigenvalue weighted by Gasteiger charge is 2.21.